The van der Waals surface area contributed by atoms with Gasteiger partial charge in [-0.1, -0.05) is 23.7 Å². The highest BCUT2D eigenvalue weighted by Crippen LogP contribution is 2.21. The minimum Gasteiger partial charge on any atom is -0.323 e. The second kappa shape index (κ2) is 8.59. The highest BCUT2D eigenvalue weighted by Gasteiger charge is 2.23. The van der Waals surface area contributed by atoms with Gasteiger partial charge in [0.05, 0.1) is 9.82 Å². The molecule has 0 aromatic heterocycles. The van der Waals surface area contributed by atoms with Crippen molar-refractivity contribution in [3.63, 3.8) is 0 Å². The van der Waals surface area contributed by atoms with Crippen LogP contribution in [-0.4, -0.2) is 31.2 Å². The highest BCUT2D eigenvalue weighted by atomic mass is 35.5. The summed E-state index contributed by atoms with van der Waals surface area (Å²) in [7, 11) is -2.38. The third-order valence-electron chi connectivity index (χ3n) is 3.51. The van der Waals surface area contributed by atoms with Gasteiger partial charge < -0.3 is 5.73 Å². The maximum Gasteiger partial charge on any atom is 0.269 e. The lowest BCUT2D eigenvalue weighted by atomic mass is 10.1. The number of hydrogen-bond donors (Lipinski definition) is 1. The molecule has 1 atom stereocenters. The normalized spacial score (nSPS) is 12.5. The van der Waals surface area contributed by atoms with E-state index in [4.69, 9.17) is 17.3 Å². The molecular weight excluding hydrogens is 389 g/mol. The van der Waals surface area contributed by atoms with E-state index in [0.29, 0.717) is 5.02 Å². The lowest BCUT2D eigenvalue weighted by Crippen LogP contribution is -2.34. The molecule has 0 aliphatic heterocycles. The third kappa shape index (κ3) is 5.13. The Morgan fingerprint density at radius 2 is 1.68 bits per heavy atom. The fourth-order valence-electron chi connectivity index (χ4n) is 2.11. The summed E-state index contributed by atoms with van der Waals surface area (Å²) < 4.78 is 26.1. The van der Waals surface area contributed by atoms with Crippen LogP contribution >= 0.6 is 24.0 Å². The molecule has 1 unspecified atom stereocenters. The summed E-state index contributed by atoms with van der Waals surface area (Å²) in [5.41, 5.74) is 6.63. The number of nitrogens with two attached hydrogens (primary N) is 1. The maximum absolute atomic E-state index is 12.5. The quantitative estimate of drug-likeness (QED) is 0.586. The first-order chi connectivity index (χ1) is 11.2. The molecule has 0 radical (unpaired) electrons. The monoisotopic (exact) mass is 405 g/mol. The molecule has 0 heterocycles. The highest BCUT2D eigenvalue weighted by molar-refractivity contribution is 7.89. The predicted octanol–water partition coefficient (Wildman–Crippen LogP) is 2.99. The summed E-state index contributed by atoms with van der Waals surface area (Å²) in [6.45, 7) is 0.0565. The van der Waals surface area contributed by atoms with Crippen molar-refractivity contribution in [3.05, 3.63) is 69.2 Å². The number of sulfonamides is 1. The van der Waals surface area contributed by atoms with E-state index in [-0.39, 0.29) is 29.5 Å². The molecule has 2 aromatic rings. The van der Waals surface area contributed by atoms with Crippen molar-refractivity contribution in [2.75, 3.05) is 13.6 Å². The van der Waals surface area contributed by atoms with Crippen LogP contribution in [0.4, 0.5) is 5.69 Å². The summed E-state index contributed by atoms with van der Waals surface area (Å²) in [6, 6.07) is 11.0. The lowest BCUT2D eigenvalue weighted by molar-refractivity contribution is -0.384. The van der Waals surface area contributed by atoms with Crippen molar-refractivity contribution in [1.82, 2.24) is 4.31 Å². The summed E-state index contributed by atoms with van der Waals surface area (Å²) in [4.78, 5) is 10.0. The molecule has 136 valence electrons. The van der Waals surface area contributed by atoms with Gasteiger partial charge in [0.25, 0.3) is 5.69 Å². The minimum atomic E-state index is -3.79. The summed E-state index contributed by atoms with van der Waals surface area (Å²) >= 11 is 5.81. The van der Waals surface area contributed by atoms with Gasteiger partial charge in [0, 0.05) is 36.8 Å². The molecule has 0 fully saturated rings. The van der Waals surface area contributed by atoms with Crippen molar-refractivity contribution in [2.24, 2.45) is 5.73 Å². The van der Waals surface area contributed by atoms with Crippen molar-refractivity contribution < 1.29 is 13.3 Å². The summed E-state index contributed by atoms with van der Waals surface area (Å²) in [5.74, 6) is 0. The molecule has 0 aliphatic carbocycles. The number of halogens is 2. The molecule has 0 bridgehead atoms. The fraction of sp³-hybridized carbons (Fsp3) is 0.200. The Balaban J connectivity index is 0.00000312. The van der Waals surface area contributed by atoms with Crippen LogP contribution in [0.1, 0.15) is 11.6 Å². The van der Waals surface area contributed by atoms with Gasteiger partial charge in [-0.2, -0.15) is 4.31 Å². The van der Waals surface area contributed by atoms with E-state index in [1.54, 1.807) is 24.3 Å². The van der Waals surface area contributed by atoms with Crippen LogP contribution < -0.4 is 5.73 Å². The lowest BCUT2D eigenvalue weighted by Gasteiger charge is -2.21. The predicted molar refractivity (Wildman–Crippen MR) is 98.5 cm³/mol. The number of nitro benzene ring substituents is 1. The van der Waals surface area contributed by atoms with Crippen LogP contribution in [0, 0.1) is 10.1 Å². The third-order valence-corrected chi connectivity index (χ3v) is 5.60. The summed E-state index contributed by atoms with van der Waals surface area (Å²) in [5, 5.41) is 11.2. The van der Waals surface area contributed by atoms with Gasteiger partial charge in [-0.05, 0) is 29.8 Å². The van der Waals surface area contributed by atoms with Crippen LogP contribution in [0.25, 0.3) is 0 Å². The van der Waals surface area contributed by atoms with Crippen LogP contribution in [0.5, 0.6) is 0 Å². The van der Waals surface area contributed by atoms with Gasteiger partial charge in [0.1, 0.15) is 0 Å². The molecule has 7 nitrogen and oxygen atoms in total. The zero-order chi connectivity index (χ0) is 17.9. The van der Waals surface area contributed by atoms with Gasteiger partial charge in [-0.15, -0.1) is 12.4 Å². The average molecular weight is 406 g/mol. The van der Waals surface area contributed by atoms with E-state index in [9.17, 15) is 18.5 Å². The van der Waals surface area contributed by atoms with Crippen molar-refractivity contribution in [1.29, 1.82) is 0 Å². The molecular formula is C15H17Cl2N3O4S. The van der Waals surface area contributed by atoms with E-state index in [1.165, 1.54) is 19.2 Å². The van der Waals surface area contributed by atoms with E-state index in [2.05, 4.69) is 0 Å². The Morgan fingerprint density at radius 1 is 1.16 bits per heavy atom. The molecule has 2 rings (SSSR count). The fourth-order valence-corrected chi connectivity index (χ4v) is 3.43. The number of hydrogen-bond acceptors (Lipinski definition) is 5. The Hall–Kier alpha value is -1.71. The zero-order valence-electron chi connectivity index (χ0n) is 13.2. The van der Waals surface area contributed by atoms with Crippen LogP contribution in [0.15, 0.2) is 53.4 Å². The van der Waals surface area contributed by atoms with Crippen LogP contribution in [0.3, 0.4) is 0 Å². The number of benzene rings is 2. The SMILES string of the molecule is CN(CC(N)c1ccc(Cl)cc1)S(=O)(=O)c1ccc([N+](=O)[O-])cc1.Cl. The van der Waals surface area contributed by atoms with E-state index in [0.717, 1.165) is 22.0 Å². The first kappa shape index (κ1) is 21.3. The largest absolute Gasteiger partial charge is 0.323 e. The van der Waals surface area contributed by atoms with Crippen molar-refractivity contribution >= 4 is 39.7 Å². The number of nitro groups is 1. The standard InChI is InChI=1S/C15H16ClN3O4S.ClH/c1-18(10-15(17)11-2-4-12(16)5-3-11)24(22,23)14-8-6-13(7-9-14)19(20)21;/h2-9,15H,10,17H2,1H3;1H. The smallest absolute Gasteiger partial charge is 0.269 e. The Morgan fingerprint density at radius 3 is 2.16 bits per heavy atom. The number of likely N-dealkylation sites (N-methyl/N-ethyl adjacent to an activating group) is 1. The number of nitrogens with zero attached hydrogens (tertiary/aromatic N) is 2. The Labute approximate surface area is 157 Å². The average Bonchev–Trinajstić information content (AvgIpc) is 2.55. The van der Waals surface area contributed by atoms with Gasteiger partial charge in [0.2, 0.25) is 10.0 Å². The molecule has 25 heavy (non-hydrogen) atoms. The Kier molecular flexibility index (Phi) is 7.33. The van der Waals surface area contributed by atoms with E-state index in [1.807, 2.05) is 0 Å². The molecule has 0 amide bonds. The number of rotatable bonds is 6. The first-order valence-corrected chi connectivity index (χ1v) is 8.75. The number of non-ortho nitro benzene ring substituents is 1. The first-order valence-electron chi connectivity index (χ1n) is 6.93. The van der Waals surface area contributed by atoms with Crippen molar-refractivity contribution in [3.8, 4) is 0 Å². The second-order valence-electron chi connectivity index (χ2n) is 5.19. The van der Waals surface area contributed by atoms with E-state index < -0.39 is 21.0 Å². The van der Waals surface area contributed by atoms with Gasteiger partial charge in [0.15, 0.2) is 0 Å². The molecule has 0 saturated carbocycles. The second-order valence-corrected chi connectivity index (χ2v) is 7.68. The molecule has 10 heteroatoms. The van der Waals surface area contributed by atoms with Gasteiger partial charge in [-0.25, -0.2) is 8.42 Å². The van der Waals surface area contributed by atoms with Gasteiger partial charge in [-0.3, -0.25) is 10.1 Å². The Bertz CT molecular complexity index is 827. The minimum absolute atomic E-state index is 0. The molecule has 0 saturated heterocycles. The van der Waals surface area contributed by atoms with Crippen LogP contribution in [0.2, 0.25) is 5.02 Å². The summed E-state index contributed by atoms with van der Waals surface area (Å²) in [6.07, 6.45) is 0. The van der Waals surface area contributed by atoms with E-state index >= 15 is 0 Å². The van der Waals surface area contributed by atoms with Crippen LogP contribution in [-0.2, 0) is 10.0 Å². The molecule has 2 N–H and O–H groups in total. The molecule has 0 aliphatic rings. The molecule has 2 aromatic carbocycles. The maximum atomic E-state index is 12.5. The van der Waals surface area contributed by atoms with Gasteiger partial charge >= 0.3 is 0 Å². The zero-order valence-corrected chi connectivity index (χ0v) is 15.6. The topological polar surface area (TPSA) is 107 Å². The molecule has 0 spiro atoms. The van der Waals surface area contributed by atoms with Crippen molar-refractivity contribution in [2.45, 2.75) is 10.9 Å².